The zero-order valence-corrected chi connectivity index (χ0v) is 10.7. The van der Waals surface area contributed by atoms with Gasteiger partial charge in [-0.05, 0) is 39.2 Å². The summed E-state index contributed by atoms with van der Waals surface area (Å²) in [7, 11) is 0. The smallest absolute Gasteiger partial charge is 0.310 e. The molecule has 0 aromatic rings. The van der Waals surface area contributed by atoms with Crippen LogP contribution in [0.5, 0.6) is 0 Å². The molecule has 2 saturated heterocycles. The molecule has 0 spiro atoms. The van der Waals surface area contributed by atoms with Crippen LogP contribution in [-0.4, -0.2) is 49.7 Å². The maximum absolute atomic E-state index is 11.8. The summed E-state index contributed by atoms with van der Waals surface area (Å²) >= 11 is 0. The largest absolute Gasteiger partial charge is 0.466 e. The molecule has 0 aromatic heterocycles. The number of rotatable bonds is 3. The SMILES string of the molecule is CCOC(=O)C1CCCN(C2CC[N]CC2)C1. The number of carbonyl (C=O) groups is 1. The highest BCUT2D eigenvalue weighted by Gasteiger charge is 2.31. The molecular weight excluding hydrogens is 216 g/mol. The monoisotopic (exact) mass is 239 g/mol. The predicted octanol–water partition coefficient (Wildman–Crippen LogP) is 1.03. The van der Waals surface area contributed by atoms with Crippen LogP contribution in [-0.2, 0) is 9.53 Å². The normalized spacial score (nSPS) is 27.9. The summed E-state index contributed by atoms with van der Waals surface area (Å²) in [6.45, 7) is 6.39. The van der Waals surface area contributed by atoms with Gasteiger partial charge in [0.1, 0.15) is 0 Å². The van der Waals surface area contributed by atoms with Gasteiger partial charge >= 0.3 is 5.97 Å². The Balaban J connectivity index is 1.85. The highest BCUT2D eigenvalue weighted by molar-refractivity contribution is 5.72. The van der Waals surface area contributed by atoms with E-state index in [1.54, 1.807) is 0 Å². The van der Waals surface area contributed by atoms with Crippen molar-refractivity contribution in [3.63, 3.8) is 0 Å². The molecule has 0 N–H and O–H groups in total. The number of esters is 1. The van der Waals surface area contributed by atoms with Crippen LogP contribution in [0.2, 0.25) is 0 Å². The van der Waals surface area contributed by atoms with Gasteiger partial charge in [0.25, 0.3) is 0 Å². The number of nitrogens with zero attached hydrogens (tertiary/aromatic N) is 2. The molecule has 2 fully saturated rings. The van der Waals surface area contributed by atoms with Crippen molar-refractivity contribution >= 4 is 5.97 Å². The fourth-order valence-corrected chi connectivity index (χ4v) is 2.89. The Morgan fingerprint density at radius 1 is 1.35 bits per heavy atom. The first kappa shape index (κ1) is 12.8. The van der Waals surface area contributed by atoms with Gasteiger partial charge in [-0.2, -0.15) is 0 Å². The van der Waals surface area contributed by atoms with E-state index < -0.39 is 0 Å². The summed E-state index contributed by atoms with van der Waals surface area (Å²) in [4.78, 5) is 14.2. The molecule has 0 amide bonds. The molecule has 2 heterocycles. The Hall–Kier alpha value is -0.610. The number of piperidine rings is 2. The molecule has 0 bridgehead atoms. The molecule has 1 radical (unpaired) electrons. The Morgan fingerprint density at radius 3 is 2.82 bits per heavy atom. The fourth-order valence-electron chi connectivity index (χ4n) is 2.89. The third kappa shape index (κ3) is 3.42. The molecule has 2 rings (SSSR count). The highest BCUT2D eigenvalue weighted by atomic mass is 16.5. The van der Waals surface area contributed by atoms with Crippen molar-refractivity contribution in [2.75, 3.05) is 32.8 Å². The molecule has 2 aliphatic heterocycles. The minimum absolute atomic E-state index is 0.00213. The summed E-state index contributed by atoms with van der Waals surface area (Å²) in [5.74, 6) is 0.0975. The van der Waals surface area contributed by atoms with Crippen LogP contribution in [0.25, 0.3) is 0 Å². The predicted molar refractivity (Wildman–Crippen MR) is 65.8 cm³/mol. The van der Waals surface area contributed by atoms with Crippen molar-refractivity contribution in [1.82, 2.24) is 10.2 Å². The van der Waals surface area contributed by atoms with E-state index in [2.05, 4.69) is 10.2 Å². The van der Waals surface area contributed by atoms with Gasteiger partial charge in [0.15, 0.2) is 0 Å². The molecule has 4 heteroatoms. The summed E-state index contributed by atoms with van der Waals surface area (Å²) in [6, 6.07) is 0.643. The molecule has 2 aliphatic rings. The number of hydrogen-bond donors (Lipinski definition) is 0. The molecule has 1 unspecified atom stereocenters. The van der Waals surface area contributed by atoms with E-state index in [1.807, 2.05) is 6.92 Å². The topological polar surface area (TPSA) is 43.6 Å². The lowest BCUT2D eigenvalue weighted by atomic mass is 9.94. The molecule has 17 heavy (non-hydrogen) atoms. The maximum Gasteiger partial charge on any atom is 0.310 e. The van der Waals surface area contributed by atoms with Gasteiger partial charge in [-0.1, -0.05) is 0 Å². The minimum atomic E-state index is -0.00213. The molecule has 1 atom stereocenters. The van der Waals surface area contributed by atoms with Crippen LogP contribution >= 0.6 is 0 Å². The van der Waals surface area contributed by atoms with E-state index in [9.17, 15) is 4.79 Å². The van der Waals surface area contributed by atoms with Gasteiger partial charge < -0.3 is 4.74 Å². The maximum atomic E-state index is 11.8. The molecule has 4 nitrogen and oxygen atoms in total. The Labute approximate surface area is 104 Å². The lowest BCUT2D eigenvalue weighted by Gasteiger charge is -2.39. The summed E-state index contributed by atoms with van der Waals surface area (Å²) in [5, 5.41) is 4.39. The summed E-state index contributed by atoms with van der Waals surface area (Å²) in [5.41, 5.74) is 0. The summed E-state index contributed by atoms with van der Waals surface area (Å²) < 4.78 is 5.13. The van der Waals surface area contributed by atoms with Crippen molar-refractivity contribution in [2.45, 2.75) is 38.6 Å². The number of hydrogen-bond acceptors (Lipinski definition) is 3. The number of carbonyl (C=O) groups excluding carboxylic acids is 1. The average molecular weight is 239 g/mol. The van der Waals surface area contributed by atoms with Crippen LogP contribution in [0.1, 0.15) is 32.6 Å². The zero-order valence-electron chi connectivity index (χ0n) is 10.7. The lowest BCUT2D eigenvalue weighted by molar-refractivity contribution is -0.150. The molecule has 0 aliphatic carbocycles. The fraction of sp³-hybridized carbons (Fsp3) is 0.923. The minimum Gasteiger partial charge on any atom is -0.466 e. The van der Waals surface area contributed by atoms with Crippen molar-refractivity contribution in [2.24, 2.45) is 5.92 Å². The van der Waals surface area contributed by atoms with Gasteiger partial charge in [0, 0.05) is 25.7 Å². The highest BCUT2D eigenvalue weighted by Crippen LogP contribution is 2.23. The summed E-state index contributed by atoms with van der Waals surface area (Å²) in [6.07, 6.45) is 4.44. The van der Waals surface area contributed by atoms with Crippen molar-refractivity contribution in [3.05, 3.63) is 0 Å². The Morgan fingerprint density at radius 2 is 2.12 bits per heavy atom. The van der Waals surface area contributed by atoms with E-state index in [1.165, 1.54) is 0 Å². The van der Waals surface area contributed by atoms with Gasteiger partial charge in [-0.3, -0.25) is 9.69 Å². The van der Waals surface area contributed by atoms with Crippen LogP contribution in [0, 0.1) is 5.92 Å². The second kappa shape index (κ2) is 6.36. The van der Waals surface area contributed by atoms with Crippen molar-refractivity contribution in [1.29, 1.82) is 0 Å². The van der Waals surface area contributed by atoms with E-state index in [0.29, 0.717) is 12.6 Å². The van der Waals surface area contributed by atoms with Gasteiger partial charge in [-0.15, -0.1) is 0 Å². The zero-order chi connectivity index (χ0) is 12.1. The molecular formula is C13H23N2O2. The Kier molecular flexibility index (Phi) is 4.80. The standard InChI is InChI=1S/C13H23N2O2/c1-2-17-13(16)11-4-3-9-15(10-11)12-5-7-14-8-6-12/h11-12H,2-10H2,1H3. The lowest BCUT2D eigenvalue weighted by Crippen LogP contribution is -2.47. The van der Waals surface area contributed by atoms with E-state index in [0.717, 1.165) is 51.9 Å². The van der Waals surface area contributed by atoms with Crippen molar-refractivity contribution < 1.29 is 9.53 Å². The second-order valence-corrected chi connectivity index (χ2v) is 4.99. The Bertz CT molecular complexity index is 252. The average Bonchev–Trinajstić information content (AvgIpc) is 2.40. The first-order valence-corrected chi connectivity index (χ1v) is 6.85. The quantitative estimate of drug-likeness (QED) is 0.691. The van der Waals surface area contributed by atoms with Gasteiger partial charge in [0.05, 0.1) is 12.5 Å². The van der Waals surface area contributed by atoms with Gasteiger partial charge in [0.2, 0.25) is 0 Å². The van der Waals surface area contributed by atoms with E-state index >= 15 is 0 Å². The number of ether oxygens (including phenoxy) is 1. The van der Waals surface area contributed by atoms with Gasteiger partial charge in [-0.25, -0.2) is 5.32 Å². The first-order valence-electron chi connectivity index (χ1n) is 6.85. The third-order valence-corrected chi connectivity index (χ3v) is 3.83. The van der Waals surface area contributed by atoms with Crippen LogP contribution < -0.4 is 5.32 Å². The molecule has 0 aromatic carbocycles. The van der Waals surface area contributed by atoms with Crippen LogP contribution in [0.15, 0.2) is 0 Å². The first-order chi connectivity index (χ1) is 8.31. The second-order valence-electron chi connectivity index (χ2n) is 4.99. The van der Waals surface area contributed by atoms with Crippen LogP contribution in [0.3, 0.4) is 0 Å². The van der Waals surface area contributed by atoms with Crippen molar-refractivity contribution in [3.8, 4) is 0 Å². The van der Waals surface area contributed by atoms with E-state index in [-0.39, 0.29) is 11.9 Å². The third-order valence-electron chi connectivity index (χ3n) is 3.83. The van der Waals surface area contributed by atoms with Crippen LogP contribution in [0.4, 0.5) is 0 Å². The number of likely N-dealkylation sites (tertiary alicyclic amines) is 1. The molecule has 0 saturated carbocycles. The van der Waals surface area contributed by atoms with E-state index in [4.69, 9.17) is 4.74 Å². The molecule has 97 valence electrons.